The predicted molar refractivity (Wildman–Crippen MR) is 82.0 cm³/mol. The summed E-state index contributed by atoms with van der Waals surface area (Å²) in [6.07, 6.45) is 15.9. The van der Waals surface area contributed by atoms with Gasteiger partial charge in [-0.05, 0) is 29.3 Å². The van der Waals surface area contributed by atoms with Crippen molar-refractivity contribution in [3.8, 4) is 0 Å². The highest BCUT2D eigenvalue weighted by Crippen LogP contribution is 2.41. The van der Waals surface area contributed by atoms with Gasteiger partial charge in [0.15, 0.2) is 12.4 Å². The summed E-state index contributed by atoms with van der Waals surface area (Å²) >= 11 is 0. The van der Waals surface area contributed by atoms with Gasteiger partial charge in [0.05, 0.1) is 0 Å². The van der Waals surface area contributed by atoms with Gasteiger partial charge in [-0.3, -0.25) is 0 Å². The van der Waals surface area contributed by atoms with E-state index in [4.69, 9.17) is 0 Å². The second-order valence-electron chi connectivity index (χ2n) is 6.05. The smallest absolute Gasteiger partial charge is 0.168 e. The van der Waals surface area contributed by atoms with E-state index in [9.17, 15) is 0 Å². The average Bonchev–Trinajstić information content (AvgIpc) is 2.83. The molecule has 20 heavy (non-hydrogen) atoms. The van der Waals surface area contributed by atoms with Crippen molar-refractivity contribution in [3.05, 3.63) is 66.2 Å². The van der Waals surface area contributed by atoms with Crippen LogP contribution in [0.2, 0.25) is 0 Å². The first-order chi connectivity index (χ1) is 9.65. The molecule has 2 nitrogen and oxygen atoms in total. The van der Waals surface area contributed by atoms with Crippen LogP contribution < -0.4 is 4.57 Å². The number of rotatable bonds is 2. The Kier molecular flexibility index (Phi) is 3.47. The number of aromatic nitrogens is 1. The molecule has 0 amide bonds. The average molecular weight is 267 g/mol. The molecular formula is C18H23N2+. The lowest BCUT2D eigenvalue weighted by Gasteiger charge is -2.25. The molecule has 0 radical (unpaired) electrons. The second-order valence-corrected chi connectivity index (χ2v) is 6.05. The van der Waals surface area contributed by atoms with E-state index in [0.29, 0.717) is 17.8 Å². The van der Waals surface area contributed by atoms with E-state index < -0.39 is 0 Å². The van der Waals surface area contributed by atoms with E-state index in [1.165, 1.54) is 11.1 Å². The molecule has 3 unspecified atom stereocenters. The van der Waals surface area contributed by atoms with E-state index in [0.717, 1.165) is 6.54 Å². The minimum atomic E-state index is 0.537. The number of likely N-dealkylation sites (N-methyl/N-ethyl adjacent to an activating group) is 1. The number of allylic oxidation sites excluding steroid dienone is 4. The van der Waals surface area contributed by atoms with Gasteiger partial charge in [0.2, 0.25) is 0 Å². The van der Waals surface area contributed by atoms with Crippen molar-refractivity contribution in [3.63, 3.8) is 0 Å². The Balaban J connectivity index is 1.78. The fourth-order valence-corrected chi connectivity index (χ4v) is 3.22. The van der Waals surface area contributed by atoms with Crippen molar-refractivity contribution in [1.29, 1.82) is 0 Å². The van der Waals surface area contributed by atoms with Crippen LogP contribution in [-0.2, 0) is 7.05 Å². The normalized spacial score (nSPS) is 28.9. The van der Waals surface area contributed by atoms with Crippen LogP contribution in [0.25, 0.3) is 0 Å². The zero-order chi connectivity index (χ0) is 14.1. The zero-order valence-corrected chi connectivity index (χ0v) is 12.5. The zero-order valence-electron chi connectivity index (χ0n) is 12.5. The fraction of sp³-hybridized carbons (Fsp3) is 0.389. The Morgan fingerprint density at radius 1 is 1.15 bits per heavy atom. The minimum Gasteiger partial charge on any atom is -0.377 e. The Hall–Kier alpha value is -1.83. The Morgan fingerprint density at radius 2 is 1.85 bits per heavy atom. The summed E-state index contributed by atoms with van der Waals surface area (Å²) in [4.78, 5) is 2.21. The van der Waals surface area contributed by atoms with Gasteiger partial charge >= 0.3 is 0 Å². The van der Waals surface area contributed by atoms with Crippen LogP contribution in [0.3, 0.4) is 0 Å². The molecule has 0 N–H and O–H groups in total. The summed E-state index contributed by atoms with van der Waals surface area (Å²) in [5.74, 6) is 1.72. The van der Waals surface area contributed by atoms with Gasteiger partial charge in [-0.25, -0.2) is 4.57 Å². The fourth-order valence-electron chi connectivity index (χ4n) is 3.22. The van der Waals surface area contributed by atoms with Crippen molar-refractivity contribution in [1.82, 2.24) is 4.90 Å². The van der Waals surface area contributed by atoms with Crippen molar-refractivity contribution in [2.24, 2.45) is 18.9 Å². The molecule has 0 spiro atoms. The van der Waals surface area contributed by atoms with Gasteiger partial charge in [0, 0.05) is 37.6 Å². The topological polar surface area (TPSA) is 7.12 Å². The maximum absolute atomic E-state index is 2.39. The van der Waals surface area contributed by atoms with E-state index >= 15 is 0 Å². The third kappa shape index (κ3) is 2.43. The van der Waals surface area contributed by atoms with Crippen LogP contribution in [-0.4, -0.2) is 18.5 Å². The van der Waals surface area contributed by atoms with Gasteiger partial charge in [-0.15, -0.1) is 0 Å². The SMILES string of the molecule is CC1C(C2=CCN(C)C=C2)C=CC1c1cc[n+](C)cc1. The molecule has 1 aromatic rings. The van der Waals surface area contributed by atoms with Crippen LogP contribution in [0.4, 0.5) is 0 Å². The molecule has 3 atom stereocenters. The number of nitrogens with zero attached hydrogens (tertiary/aromatic N) is 2. The van der Waals surface area contributed by atoms with Crippen LogP contribution in [0.1, 0.15) is 18.4 Å². The summed E-state index contributed by atoms with van der Waals surface area (Å²) < 4.78 is 2.09. The number of aryl methyl sites for hydroxylation is 1. The van der Waals surface area contributed by atoms with Gasteiger partial charge in [0.1, 0.15) is 7.05 Å². The summed E-state index contributed by atoms with van der Waals surface area (Å²) in [6.45, 7) is 3.39. The minimum absolute atomic E-state index is 0.537. The molecule has 0 saturated heterocycles. The van der Waals surface area contributed by atoms with Crippen LogP contribution in [0.15, 0.2) is 60.6 Å². The van der Waals surface area contributed by atoms with E-state index in [2.05, 4.69) is 85.5 Å². The highest BCUT2D eigenvalue weighted by atomic mass is 15.1. The highest BCUT2D eigenvalue weighted by Gasteiger charge is 2.31. The lowest BCUT2D eigenvalue weighted by Crippen LogP contribution is -2.26. The van der Waals surface area contributed by atoms with Gasteiger partial charge in [0.25, 0.3) is 0 Å². The predicted octanol–water partition coefficient (Wildman–Crippen LogP) is 2.80. The van der Waals surface area contributed by atoms with Gasteiger partial charge < -0.3 is 4.90 Å². The second kappa shape index (κ2) is 5.28. The van der Waals surface area contributed by atoms with E-state index in [-0.39, 0.29) is 0 Å². The summed E-state index contributed by atoms with van der Waals surface area (Å²) in [5, 5.41) is 0. The molecule has 0 bridgehead atoms. The Labute approximate surface area is 121 Å². The molecule has 0 saturated carbocycles. The van der Waals surface area contributed by atoms with E-state index in [1.54, 1.807) is 0 Å². The maximum atomic E-state index is 2.39. The molecule has 1 aliphatic heterocycles. The van der Waals surface area contributed by atoms with Gasteiger partial charge in [-0.2, -0.15) is 0 Å². The van der Waals surface area contributed by atoms with E-state index in [1.807, 2.05) is 0 Å². The maximum Gasteiger partial charge on any atom is 0.168 e. The van der Waals surface area contributed by atoms with Crippen molar-refractivity contribution < 1.29 is 4.57 Å². The molecule has 1 aromatic heterocycles. The third-order valence-corrected chi connectivity index (χ3v) is 4.57. The van der Waals surface area contributed by atoms with Crippen LogP contribution >= 0.6 is 0 Å². The lowest BCUT2D eigenvalue weighted by atomic mass is 9.81. The van der Waals surface area contributed by atoms with Crippen molar-refractivity contribution in [2.45, 2.75) is 12.8 Å². The molecule has 1 aliphatic carbocycles. The number of pyridine rings is 1. The first kappa shape index (κ1) is 13.2. The Morgan fingerprint density at radius 3 is 2.50 bits per heavy atom. The van der Waals surface area contributed by atoms with Crippen LogP contribution in [0, 0.1) is 11.8 Å². The largest absolute Gasteiger partial charge is 0.377 e. The lowest BCUT2D eigenvalue weighted by molar-refractivity contribution is -0.671. The summed E-state index contributed by atoms with van der Waals surface area (Å²) in [7, 11) is 4.18. The molecule has 0 fully saturated rings. The van der Waals surface area contributed by atoms with Crippen molar-refractivity contribution >= 4 is 0 Å². The first-order valence-electron chi connectivity index (χ1n) is 7.37. The monoisotopic (exact) mass is 267 g/mol. The summed E-state index contributed by atoms with van der Waals surface area (Å²) in [5.41, 5.74) is 2.89. The highest BCUT2D eigenvalue weighted by molar-refractivity contribution is 5.36. The molecule has 0 aromatic carbocycles. The molecule has 2 heteroatoms. The molecule has 104 valence electrons. The van der Waals surface area contributed by atoms with Gasteiger partial charge in [-0.1, -0.05) is 25.2 Å². The molecular weight excluding hydrogens is 244 g/mol. The number of hydrogen-bond donors (Lipinski definition) is 0. The number of hydrogen-bond acceptors (Lipinski definition) is 1. The molecule has 3 rings (SSSR count). The standard InChI is InChI=1S/C18H23N2/c1-14-17(15-6-10-19(2)11-7-15)4-5-18(14)16-8-12-20(3)13-9-16/h4-12,14,17-18H,13H2,1-3H3/q+1. The van der Waals surface area contributed by atoms with Crippen molar-refractivity contribution in [2.75, 3.05) is 13.6 Å². The molecule has 2 heterocycles. The first-order valence-corrected chi connectivity index (χ1v) is 7.37. The Bertz CT molecular complexity index is 566. The molecule has 2 aliphatic rings. The van der Waals surface area contributed by atoms with Crippen LogP contribution in [0.5, 0.6) is 0 Å². The summed E-state index contributed by atoms with van der Waals surface area (Å²) in [6, 6.07) is 4.49. The quantitative estimate of drug-likeness (QED) is 0.590. The third-order valence-electron chi connectivity index (χ3n) is 4.57.